The van der Waals surface area contributed by atoms with Crippen LogP contribution >= 0.6 is 0 Å². The molecule has 22 heavy (non-hydrogen) atoms. The van der Waals surface area contributed by atoms with Gasteiger partial charge in [0, 0.05) is 26.1 Å². The summed E-state index contributed by atoms with van der Waals surface area (Å²) in [5.74, 6) is 0.0892. The smallest absolute Gasteiger partial charge is 0.225 e. The maximum atomic E-state index is 12.1. The fourth-order valence-electron chi connectivity index (χ4n) is 2.98. The predicted octanol–water partition coefficient (Wildman–Crippen LogP) is 3.50. The third kappa shape index (κ3) is 7.28. The Balaban J connectivity index is 2.15. The first kappa shape index (κ1) is 19.0. The van der Waals surface area contributed by atoms with Gasteiger partial charge in [-0.15, -0.1) is 0 Å². The Hall–Kier alpha value is -1.06. The molecule has 4 nitrogen and oxygen atoms in total. The van der Waals surface area contributed by atoms with Gasteiger partial charge in [0.1, 0.15) is 0 Å². The van der Waals surface area contributed by atoms with E-state index in [4.69, 9.17) is 0 Å². The molecule has 1 aliphatic rings. The van der Waals surface area contributed by atoms with Crippen molar-refractivity contribution >= 4 is 11.8 Å². The van der Waals surface area contributed by atoms with Crippen molar-refractivity contribution in [1.82, 2.24) is 10.2 Å². The van der Waals surface area contributed by atoms with E-state index in [0.717, 1.165) is 38.8 Å². The van der Waals surface area contributed by atoms with E-state index in [2.05, 4.69) is 19.2 Å². The lowest BCUT2D eigenvalue weighted by Gasteiger charge is -2.16. The molecule has 1 atom stereocenters. The number of carbonyl (C=O) groups is 2. The number of rotatable bonds is 12. The zero-order valence-corrected chi connectivity index (χ0v) is 14.5. The van der Waals surface area contributed by atoms with Crippen LogP contribution in [0.5, 0.6) is 0 Å². The van der Waals surface area contributed by atoms with Crippen molar-refractivity contribution in [1.29, 1.82) is 0 Å². The maximum absolute atomic E-state index is 12.1. The van der Waals surface area contributed by atoms with Crippen LogP contribution in [0.1, 0.15) is 78.1 Å². The van der Waals surface area contributed by atoms with Crippen molar-refractivity contribution in [2.45, 2.75) is 78.1 Å². The molecular weight excluding hydrogens is 276 g/mol. The van der Waals surface area contributed by atoms with E-state index in [1.807, 2.05) is 4.90 Å². The van der Waals surface area contributed by atoms with Crippen molar-refractivity contribution in [3.8, 4) is 0 Å². The molecule has 1 N–H and O–H groups in total. The number of amides is 2. The highest BCUT2D eigenvalue weighted by atomic mass is 16.2. The molecule has 128 valence electrons. The molecule has 1 unspecified atom stereocenters. The van der Waals surface area contributed by atoms with Crippen molar-refractivity contribution in [3.05, 3.63) is 0 Å². The lowest BCUT2D eigenvalue weighted by molar-refractivity contribution is -0.129. The molecule has 0 aromatic carbocycles. The Morgan fingerprint density at radius 1 is 1.05 bits per heavy atom. The van der Waals surface area contributed by atoms with Crippen molar-refractivity contribution < 1.29 is 9.59 Å². The third-order valence-electron chi connectivity index (χ3n) is 4.45. The molecule has 0 spiro atoms. The summed E-state index contributed by atoms with van der Waals surface area (Å²) in [5, 5.41) is 2.97. The van der Waals surface area contributed by atoms with Gasteiger partial charge < -0.3 is 10.2 Å². The summed E-state index contributed by atoms with van der Waals surface area (Å²) < 4.78 is 0. The SMILES string of the molecule is CCCCCCCCN1CC(C(=O)NCCCCC)CC1=O. The highest BCUT2D eigenvalue weighted by molar-refractivity contribution is 5.89. The number of carbonyl (C=O) groups excluding carboxylic acids is 2. The Morgan fingerprint density at radius 3 is 2.41 bits per heavy atom. The van der Waals surface area contributed by atoms with E-state index in [0.29, 0.717) is 13.0 Å². The average molecular weight is 310 g/mol. The van der Waals surface area contributed by atoms with Crippen LogP contribution < -0.4 is 5.32 Å². The van der Waals surface area contributed by atoms with E-state index < -0.39 is 0 Å². The number of nitrogens with one attached hydrogen (secondary N) is 1. The van der Waals surface area contributed by atoms with Crippen LogP contribution in [0.3, 0.4) is 0 Å². The molecule has 0 bridgehead atoms. The number of likely N-dealkylation sites (tertiary alicyclic amines) is 1. The van der Waals surface area contributed by atoms with Gasteiger partial charge in [-0.05, 0) is 12.8 Å². The maximum Gasteiger partial charge on any atom is 0.225 e. The second-order valence-electron chi connectivity index (χ2n) is 6.51. The van der Waals surface area contributed by atoms with Gasteiger partial charge in [-0.25, -0.2) is 0 Å². The quantitative estimate of drug-likeness (QED) is 0.561. The van der Waals surface area contributed by atoms with Crippen LogP contribution in [-0.2, 0) is 9.59 Å². The Labute approximate surface area is 136 Å². The molecule has 2 amide bonds. The molecule has 0 aromatic heterocycles. The standard InChI is InChI=1S/C18H34N2O2/c1-3-5-7-8-9-11-13-20-15-16(14-17(20)21)18(22)19-12-10-6-4-2/h16H,3-15H2,1-2H3,(H,19,22). The lowest BCUT2D eigenvalue weighted by Crippen LogP contribution is -2.33. The lowest BCUT2D eigenvalue weighted by atomic mass is 10.1. The number of unbranched alkanes of at least 4 members (excludes halogenated alkanes) is 7. The van der Waals surface area contributed by atoms with Crippen molar-refractivity contribution in [3.63, 3.8) is 0 Å². The highest BCUT2D eigenvalue weighted by Crippen LogP contribution is 2.19. The second kappa shape index (κ2) is 11.5. The van der Waals surface area contributed by atoms with Crippen LogP contribution in [0, 0.1) is 5.92 Å². The van der Waals surface area contributed by atoms with Gasteiger partial charge in [-0.1, -0.05) is 58.8 Å². The summed E-state index contributed by atoms with van der Waals surface area (Å²) in [7, 11) is 0. The molecule has 0 radical (unpaired) electrons. The first-order chi connectivity index (χ1) is 10.7. The average Bonchev–Trinajstić information content (AvgIpc) is 2.88. The van der Waals surface area contributed by atoms with Gasteiger partial charge in [-0.3, -0.25) is 9.59 Å². The zero-order chi connectivity index (χ0) is 16.2. The summed E-state index contributed by atoms with van der Waals surface area (Å²) >= 11 is 0. The summed E-state index contributed by atoms with van der Waals surface area (Å²) in [4.78, 5) is 25.9. The minimum Gasteiger partial charge on any atom is -0.356 e. The highest BCUT2D eigenvalue weighted by Gasteiger charge is 2.33. The Morgan fingerprint density at radius 2 is 1.68 bits per heavy atom. The molecule has 1 aliphatic heterocycles. The largest absolute Gasteiger partial charge is 0.356 e. The fraction of sp³-hybridized carbons (Fsp3) is 0.889. The Kier molecular flexibility index (Phi) is 9.93. The molecule has 4 heteroatoms. The summed E-state index contributed by atoms with van der Waals surface area (Å²) in [6, 6.07) is 0. The number of nitrogens with zero attached hydrogens (tertiary/aromatic N) is 1. The third-order valence-corrected chi connectivity index (χ3v) is 4.45. The van der Waals surface area contributed by atoms with Crippen LogP contribution in [0.15, 0.2) is 0 Å². The van der Waals surface area contributed by atoms with Crippen molar-refractivity contribution in [2.24, 2.45) is 5.92 Å². The van der Waals surface area contributed by atoms with Crippen LogP contribution in [0.2, 0.25) is 0 Å². The van der Waals surface area contributed by atoms with E-state index in [1.165, 1.54) is 32.1 Å². The van der Waals surface area contributed by atoms with E-state index >= 15 is 0 Å². The Bertz CT molecular complexity index is 331. The molecule has 0 aliphatic carbocycles. The molecule has 1 rings (SSSR count). The van der Waals surface area contributed by atoms with Gasteiger partial charge in [0.2, 0.25) is 11.8 Å². The van der Waals surface area contributed by atoms with Gasteiger partial charge in [-0.2, -0.15) is 0 Å². The van der Waals surface area contributed by atoms with E-state index in [9.17, 15) is 9.59 Å². The van der Waals surface area contributed by atoms with E-state index in [1.54, 1.807) is 0 Å². The first-order valence-corrected chi connectivity index (χ1v) is 9.24. The predicted molar refractivity (Wildman–Crippen MR) is 90.6 cm³/mol. The molecule has 1 heterocycles. The monoisotopic (exact) mass is 310 g/mol. The minimum absolute atomic E-state index is 0.0647. The topological polar surface area (TPSA) is 49.4 Å². The van der Waals surface area contributed by atoms with Crippen molar-refractivity contribution in [2.75, 3.05) is 19.6 Å². The van der Waals surface area contributed by atoms with Gasteiger partial charge in [0.05, 0.1) is 5.92 Å². The zero-order valence-electron chi connectivity index (χ0n) is 14.5. The van der Waals surface area contributed by atoms with Crippen LogP contribution in [0.4, 0.5) is 0 Å². The number of hydrogen-bond acceptors (Lipinski definition) is 2. The minimum atomic E-state index is -0.130. The normalized spacial score (nSPS) is 18.0. The summed E-state index contributed by atoms with van der Waals surface area (Å²) in [6.07, 6.45) is 11.1. The molecule has 0 aromatic rings. The molecular formula is C18H34N2O2. The fourth-order valence-corrected chi connectivity index (χ4v) is 2.98. The number of hydrogen-bond donors (Lipinski definition) is 1. The summed E-state index contributed by atoms with van der Waals surface area (Å²) in [5.41, 5.74) is 0. The second-order valence-corrected chi connectivity index (χ2v) is 6.51. The summed E-state index contributed by atoms with van der Waals surface area (Å²) in [6.45, 7) is 6.56. The molecule has 1 saturated heterocycles. The first-order valence-electron chi connectivity index (χ1n) is 9.24. The van der Waals surface area contributed by atoms with Gasteiger partial charge >= 0.3 is 0 Å². The molecule has 0 saturated carbocycles. The van der Waals surface area contributed by atoms with Crippen LogP contribution in [-0.4, -0.2) is 36.3 Å². The van der Waals surface area contributed by atoms with Gasteiger partial charge in [0.25, 0.3) is 0 Å². The van der Waals surface area contributed by atoms with E-state index in [-0.39, 0.29) is 17.7 Å². The van der Waals surface area contributed by atoms with Gasteiger partial charge in [0.15, 0.2) is 0 Å². The molecule has 1 fully saturated rings. The van der Waals surface area contributed by atoms with Crippen LogP contribution in [0.25, 0.3) is 0 Å².